The van der Waals surface area contributed by atoms with E-state index in [1.807, 2.05) is 74.2 Å². The van der Waals surface area contributed by atoms with Crippen molar-refractivity contribution in [1.29, 1.82) is 0 Å². The standard InChI is InChI=1S/C24H32N4O3/c1-4-31-21-13-9-8-12-20(21)27-14-16-28(17-15-27)23(29)22(18(2)3)26-24(30)25-19-10-6-5-7-11-19/h5-13,18,22H,4,14-17H2,1-3H3,(H2,25,26,30)/t22-/m1/s1. The van der Waals surface area contributed by atoms with Crippen molar-refractivity contribution < 1.29 is 14.3 Å². The minimum atomic E-state index is -0.578. The maximum Gasteiger partial charge on any atom is 0.319 e. The van der Waals surface area contributed by atoms with Crippen LogP contribution in [0.3, 0.4) is 0 Å². The number of hydrogen-bond donors (Lipinski definition) is 2. The Bertz CT molecular complexity index is 864. The van der Waals surface area contributed by atoms with Crippen LogP contribution in [0, 0.1) is 5.92 Å². The number of rotatable bonds is 7. The van der Waals surface area contributed by atoms with Gasteiger partial charge in [0.25, 0.3) is 0 Å². The highest BCUT2D eigenvalue weighted by molar-refractivity contribution is 5.93. The first-order valence-electron chi connectivity index (χ1n) is 10.9. The fraction of sp³-hybridized carbons (Fsp3) is 0.417. The molecule has 31 heavy (non-hydrogen) atoms. The first kappa shape index (κ1) is 22.5. The van der Waals surface area contributed by atoms with Crippen molar-refractivity contribution in [2.45, 2.75) is 26.8 Å². The molecule has 2 N–H and O–H groups in total. The summed E-state index contributed by atoms with van der Waals surface area (Å²) in [6, 6.07) is 16.2. The smallest absolute Gasteiger partial charge is 0.319 e. The number of urea groups is 1. The number of para-hydroxylation sites is 3. The van der Waals surface area contributed by atoms with Crippen LogP contribution in [0.1, 0.15) is 20.8 Å². The largest absolute Gasteiger partial charge is 0.492 e. The maximum atomic E-state index is 13.2. The summed E-state index contributed by atoms with van der Waals surface area (Å²) in [7, 11) is 0. The van der Waals surface area contributed by atoms with Gasteiger partial charge in [0.05, 0.1) is 12.3 Å². The molecular weight excluding hydrogens is 392 g/mol. The number of benzene rings is 2. The molecule has 1 saturated heterocycles. The van der Waals surface area contributed by atoms with E-state index in [-0.39, 0.29) is 17.9 Å². The Hall–Kier alpha value is -3.22. The molecule has 1 aliphatic rings. The Balaban J connectivity index is 1.59. The van der Waals surface area contributed by atoms with Crippen molar-refractivity contribution >= 4 is 23.3 Å². The SMILES string of the molecule is CCOc1ccccc1N1CCN(C(=O)[C@H](NC(=O)Nc2ccccc2)C(C)C)CC1. The molecule has 2 aromatic rings. The molecule has 1 aliphatic heterocycles. The fourth-order valence-electron chi connectivity index (χ4n) is 3.70. The number of nitrogens with zero attached hydrogens (tertiary/aromatic N) is 2. The van der Waals surface area contributed by atoms with Crippen LogP contribution in [-0.4, -0.2) is 55.7 Å². The molecule has 166 valence electrons. The predicted molar refractivity (Wildman–Crippen MR) is 124 cm³/mol. The average Bonchev–Trinajstić information content (AvgIpc) is 2.78. The van der Waals surface area contributed by atoms with Gasteiger partial charge in [-0.15, -0.1) is 0 Å². The van der Waals surface area contributed by atoms with Gasteiger partial charge in [0, 0.05) is 31.9 Å². The molecule has 2 aromatic carbocycles. The van der Waals surface area contributed by atoms with E-state index < -0.39 is 6.04 Å². The molecule has 7 heteroatoms. The van der Waals surface area contributed by atoms with Crippen molar-refractivity contribution in [3.63, 3.8) is 0 Å². The zero-order valence-corrected chi connectivity index (χ0v) is 18.5. The number of hydrogen-bond acceptors (Lipinski definition) is 4. The molecule has 1 atom stereocenters. The van der Waals surface area contributed by atoms with Crippen molar-refractivity contribution in [1.82, 2.24) is 10.2 Å². The lowest BCUT2D eigenvalue weighted by atomic mass is 10.0. The summed E-state index contributed by atoms with van der Waals surface area (Å²) in [6.45, 7) is 9.12. The quantitative estimate of drug-likeness (QED) is 0.713. The second kappa shape index (κ2) is 10.7. The van der Waals surface area contributed by atoms with Crippen LogP contribution in [0.15, 0.2) is 54.6 Å². The van der Waals surface area contributed by atoms with Gasteiger partial charge in [-0.05, 0) is 37.1 Å². The first-order chi connectivity index (χ1) is 15.0. The van der Waals surface area contributed by atoms with Gasteiger partial charge < -0.3 is 25.2 Å². The van der Waals surface area contributed by atoms with Crippen molar-refractivity contribution in [2.75, 3.05) is 43.0 Å². The van der Waals surface area contributed by atoms with Crippen LogP contribution >= 0.6 is 0 Å². The lowest BCUT2D eigenvalue weighted by Gasteiger charge is -2.38. The van der Waals surface area contributed by atoms with Crippen LogP contribution in [0.25, 0.3) is 0 Å². The van der Waals surface area contributed by atoms with E-state index in [1.54, 1.807) is 0 Å². The number of carbonyl (C=O) groups excluding carboxylic acids is 2. The normalized spacial score (nSPS) is 14.8. The summed E-state index contributed by atoms with van der Waals surface area (Å²) < 4.78 is 5.75. The number of anilines is 2. The number of ether oxygens (including phenoxy) is 1. The third-order valence-corrected chi connectivity index (χ3v) is 5.35. The maximum absolute atomic E-state index is 13.2. The molecule has 0 aliphatic carbocycles. The minimum Gasteiger partial charge on any atom is -0.492 e. The van der Waals surface area contributed by atoms with Gasteiger partial charge in [0.1, 0.15) is 11.8 Å². The summed E-state index contributed by atoms with van der Waals surface area (Å²) in [5.74, 6) is 0.797. The van der Waals surface area contributed by atoms with E-state index >= 15 is 0 Å². The molecule has 0 aromatic heterocycles. The lowest BCUT2D eigenvalue weighted by molar-refractivity contribution is -0.134. The molecule has 0 bridgehead atoms. The third kappa shape index (κ3) is 5.90. The van der Waals surface area contributed by atoms with E-state index in [0.29, 0.717) is 25.4 Å². The Kier molecular flexibility index (Phi) is 7.76. The highest BCUT2D eigenvalue weighted by Crippen LogP contribution is 2.29. The van der Waals surface area contributed by atoms with Gasteiger partial charge in [-0.3, -0.25) is 4.79 Å². The van der Waals surface area contributed by atoms with Crippen molar-refractivity contribution in [3.05, 3.63) is 54.6 Å². The Morgan fingerprint density at radius 2 is 1.61 bits per heavy atom. The van der Waals surface area contributed by atoms with Gasteiger partial charge in [-0.2, -0.15) is 0 Å². The summed E-state index contributed by atoms with van der Waals surface area (Å²) in [6.07, 6.45) is 0. The van der Waals surface area contributed by atoms with Gasteiger partial charge in [-0.1, -0.05) is 44.2 Å². The molecule has 3 amide bonds. The molecule has 1 heterocycles. The summed E-state index contributed by atoms with van der Waals surface area (Å²) >= 11 is 0. The van der Waals surface area contributed by atoms with Crippen LogP contribution < -0.4 is 20.3 Å². The minimum absolute atomic E-state index is 0.0225. The highest BCUT2D eigenvalue weighted by atomic mass is 16.5. The zero-order valence-electron chi connectivity index (χ0n) is 18.5. The van der Waals surface area contributed by atoms with Gasteiger partial charge >= 0.3 is 6.03 Å². The number of piperazine rings is 1. The van der Waals surface area contributed by atoms with E-state index in [4.69, 9.17) is 4.74 Å². The third-order valence-electron chi connectivity index (χ3n) is 5.35. The number of nitrogens with one attached hydrogen (secondary N) is 2. The van der Waals surface area contributed by atoms with Crippen LogP contribution in [0.5, 0.6) is 5.75 Å². The molecule has 7 nitrogen and oxygen atoms in total. The van der Waals surface area contributed by atoms with Crippen molar-refractivity contribution in [3.8, 4) is 5.75 Å². The predicted octanol–water partition coefficient (Wildman–Crippen LogP) is 3.58. The second-order valence-corrected chi connectivity index (χ2v) is 7.90. The lowest BCUT2D eigenvalue weighted by Crippen LogP contribution is -2.57. The van der Waals surface area contributed by atoms with Crippen LogP contribution in [0.2, 0.25) is 0 Å². The Labute approximate surface area is 184 Å². The van der Waals surface area contributed by atoms with E-state index in [2.05, 4.69) is 21.6 Å². The van der Waals surface area contributed by atoms with E-state index in [9.17, 15) is 9.59 Å². The zero-order chi connectivity index (χ0) is 22.2. The highest BCUT2D eigenvalue weighted by Gasteiger charge is 2.31. The molecule has 3 rings (SSSR count). The number of amides is 3. The van der Waals surface area contributed by atoms with Crippen LogP contribution in [-0.2, 0) is 4.79 Å². The van der Waals surface area contributed by atoms with Gasteiger partial charge in [0.15, 0.2) is 0 Å². The molecule has 0 spiro atoms. The summed E-state index contributed by atoms with van der Waals surface area (Å²) in [5, 5.41) is 5.64. The number of carbonyl (C=O) groups is 2. The fourth-order valence-corrected chi connectivity index (χ4v) is 3.70. The van der Waals surface area contributed by atoms with E-state index in [0.717, 1.165) is 24.5 Å². The van der Waals surface area contributed by atoms with Crippen LogP contribution in [0.4, 0.5) is 16.2 Å². The van der Waals surface area contributed by atoms with Crippen molar-refractivity contribution in [2.24, 2.45) is 5.92 Å². The molecular formula is C24H32N4O3. The van der Waals surface area contributed by atoms with E-state index in [1.165, 1.54) is 0 Å². The molecule has 0 saturated carbocycles. The monoisotopic (exact) mass is 424 g/mol. The topological polar surface area (TPSA) is 73.9 Å². The average molecular weight is 425 g/mol. The van der Waals surface area contributed by atoms with Gasteiger partial charge in [0.2, 0.25) is 5.91 Å². The summed E-state index contributed by atoms with van der Waals surface area (Å²) in [4.78, 5) is 29.7. The Morgan fingerprint density at radius 3 is 2.26 bits per heavy atom. The second-order valence-electron chi connectivity index (χ2n) is 7.90. The Morgan fingerprint density at radius 1 is 0.968 bits per heavy atom. The molecule has 1 fully saturated rings. The molecule has 0 radical (unpaired) electrons. The van der Waals surface area contributed by atoms with Gasteiger partial charge in [-0.25, -0.2) is 4.79 Å². The molecule has 0 unspecified atom stereocenters. The first-order valence-corrected chi connectivity index (χ1v) is 10.9. The summed E-state index contributed by atoms with van der Waals surface area (Å²) in [5.41, 5.74) is 1.74.